The lowest BCUT2D eigenvalue weighted by molar-refractivity contribution is 0.0463. The topological polar surface area (TPSA) is 23.5 Å². The molecule has 0 saturated heterocycles. The number of nitrogens with zero attached hydrogens (tertiary/aromatic N) is 1. The number of allylic oxidation sites excluding steroid dienone is 2. The van der Waals surface area contributed by atoms with Gasteiger partial charge in [-0.05, 0) is 37.7 Å². The van der Waals surface area contributed by atoms with Crippen LogP contribution < -0.4 is 0 Å². The molecule has 0 amide bonds. The Morgan fingerprint density at radius 3 is 1.88 bits per heavy atom. The summed E-state index contributed by atoms with van der Waals surface area (Å²) in [5.41, 5.74) is 2.00. The van der Waals surface area contributed by atoms with Gasteiger partial charge in [-0.3, -0.25) is 0 Å². The van der Waals surface area contributed by atoms with Crippen LogP contribution in [-0.2, 0) is 5.60 Å². The summed E-state index contributed by atoms with van der Waals surface area (Å²) in [5, 5.41) is 11.9. The molecule has 1 unspecified atom stereocenters. The van der Waals surface area contributed by atoms with Crippen molar-refractivity contribution < 1.29 is 5.11 Å². The molecule has 3 rings (SSSR count). The first kappa shape index (κ1) is 16.7. The first-order valence-corrected chi connectivity index (χ1v) is 8.43. The van der Waals surface area contributed by atoms with E-state index in [9.17, 15) is 5.11 Å². The number of aliphatic hydroxyl groups is 1. The van der Waals surface area contributed by atoms with Crippen LogP contribution in [0.15, 0.2) is 84.5 Å². The van der Waals surface area contributed by atoms with E-state index in [0.717, 1.165) is 11.1 Å². The van der Waals surface area contributed by atoms with Gasteiger partial charge in [0.1, 0.15) is 5.60 Å². The maximum atomic E-state index is 11.9. The smallest absolute Gasteiger partial charge is 0.125 e. The maximum absolute atomic E-state index is 11.9. The Labute approximate surface area is 144 Å². The van der Waals surface area contributed by atoms with Gasteiger partial charge in [-0.1, -0.05) is 78.9 Å². The third-order valence-electron chi connectivity index (χ3n) is 5.09. The maximum Gasteiger partial charge on any atom is 0.125 e. The van der Waals surface area contributed by atoms with E-state index in [-0.39, 0.29) is 12.0 Å². The van der Waals surface area contributed by atoms with Gasteiger partial charge in [-0.25, -0.2) is 0 Å². The van der Waals surface area contributed by atoms with Crippen molar-refractivity contribution in [2.75, 3.05) is 14.1 Å². The van der Waals surface area contributed by atoms with Crippen LogP contribution in [0.25, 0.3) is 0 Å². The van der Waals surface area contributed by atoms with Crippen molar-refractivity contribution in [3.63, 3.8) is 0 Å². The Hall–Kier alpha value is -2.16. The highest BCUT2D eigenvalue weighted by atomic mass is 16.3. The van der Waals surface area contributed by atoms with E-state index in [0.29, 0.717) is 0 Å². The SMILES string of the molecule is C[C@@H](C1=CC=CC1C(O)(c1ccccc1)c1ccccc1)N(C)C. The largest absolute Gasteiger partial charge is 0.379 e. The highest BCUT2D eigenvalue weighted by molar-refractivity contribution is 5.45. The Bertz CT molecular complexity index is 692. The van der Waals surface area contributed by atoms with Crippen molar-refractivity contribution in [1.29, 1.82) is 0 Å². The zero-order valence-corrected chi connectivity index (χ0v) is 14.6. The summed E-state index contributed by atoms with van der Waals surface area (Å²) in [4.78, 5) is 2.18. The molecule has 124 valence electrons. The van der Waals surface area contributed by atoms with E-state index in [2.05, 4.69) is 44.1 Å². The summed E-state index contributed by atoms with van der Waals surface area (Å²) < 4.78 is 0. The molecule has 2 aromatic rings. The molecule has 0 aromatic heterocycles. The van der Waals surface area contributed by atoms with Gasteiger partial charge in [0.25, 0.3) is 0 Å². The third kappa shape index (κ3) is 2.83. The van der Waals surface area contributed by atoms with Crippen molar-refractivity contribution in [2.45, 2.75) is 18.6 Å². The van der Waals surface area contributed by atoms with Crippen LogP contribution in [0.5, 0.6) is 0 Å². The molecule has 1 aliphatic carbocycles. The lowest BCUT2D eigenvalue weighted by Gasteiger charge is -2.38. The van der Waals surface area contributed by atoms with Gasteiger partial charge in [-0.2, -0.15) is 0 Å². The normalized spacial score (nSPS) is 18.7. The Balaban J connectivity index is 2.13. The molecule has 2 nitrogen and oxygen atoms in total. The van der Waals surface area contributed by atoms with Crippen LogP contribution in [0.2, 0.25) is 0 Å². The zero-order chi connectivity index (χ0) is 17.2. The van der Waals surface area contributed by atoms with Crippen LogP contribution >= 0.6 is 0 Å². The Morgan fingerprint density at radius 2 is 1.42 bits per heavy atom. The Morgan fingerprint density at radius 1 is 0.917 bits per heavy atom. The van der Waals surface area contributed by atoms with E-state index in [1.807, 2.05) is 60.7 Å². The van der Waals surface area contributed by atoms with Crippen molar-refractivity contribution in [3.05, 3.63) is 95.6 Å². The molecule has 0 bridgehead atoms. The van der Waals surface area contributed by atoms with Gasteiger partial charge in [0.15, 0.2) is 0 Å². The average Bonchev–Trinajstić information content (AvgIpc) is 3.12. The minimum absolute atomic E-state index is 0.0836. The van der Waals surface area contributed by atoms with Gasteiger partial charge in [-0.15, -0.1) is 0 Å². The lowest BCUT2D eigenvalue weighted by atomic mass is 9.72. The number of likely N-dealkylation sites (N-methyl/N-ethyl adjacent to an activating group) is 1. The summed E-state index contributed by atoms with van der Waals surface area (Å²) in [6.45, 7) is 2.18. The van der Waals surface area contributed by atoms with Gasteiger partial charge in [0.2, 0.25) is 0 Å². The van der Waals surface area contributed by atoms with E-state index in [1.165, 1.54) is 5.57 Å². The van der Waals surface area contributed by atoms with Crippen LogP contribution in [-0.4, -0.2) is 30.1 Å². The lowest BCUT2D eigenvalue weighted by Crippen LogP contribution is -2.40. The van der Waals surface area contributed by atoms with Crippen molar-refractivity contribution in [3.8, 4) is 0 Å². The predicted octanol–water partition coefficient (Wildman–Crippen LogP) is 3.99. The first-order valence-electron chi connectivity index (χ1n) is 8.43. The second kappa shape index (κ2) is 6.76. The summed E-state index contributed by atoms with van der Waals surface area (Å²) >= 11 is 0. The summed E-state index contributed by atoms with van der Waals surface area (Å²) in [7, 11) is 4.15. The van der Waals surface area contributed by atoms with Gasteiger partial charge < -0.3 is 10.0 Å². The van der Waals surface area contributed by atoms with Crippen LogP contribution in [0.3, 0.4) is 0 Å². The number of benzene rings is 2. The predicted molar refractivity (Wildman–Crippen MR) is 99.7 cm³/mol. The van der Waals surface area contributed by atoms with Gasteiger partial charge in [0, 0.05) is 12.0 Å². The number of hydrogen-bond donors (Lipinski definition) is 1. The fraction of sp³-hybridized carbons (Fsp3) is 0.273. The third-order valence-corrected chi connectivity index (χ3v) is 5.09. The molecule has 0 heterocycles. The molecule has 0 aliphatic heterocycles. The van der Waals surface area contributed by atoms with Crippen LogP contribution in [0.4, 0.5) is 0 Å². The second-order valence-corrected chi connectivity index (χ2v) is 6.67. The fourth-order valence-electron chi connectivity index (χ4n) is 3.48. The monoisotopic (exact) mass is 319 g/mol. The summed E-state index contributed by atoms with van der Waals surface area (Å²) in [6.07, 6.45) is 6.33. The molecular formula is C22H25NO. The minimum Gasteiger partial charge on any atom is -0.379 e. The van der Waals surface area contributed by atoms with Crippen LogP contribution in [0, 0.1) is 5.92 Å². The molecule has 2 atom stereocenters. The molecule has 2 heteroatoms. The van der Waals surface area contributed by atoms with E-state index >= 15 is 0 Å². The molecule has 2 aromatic carbocycles. The molecule has 0 saturated carbocycles. The van der Waals surface area contributed by atoms with Crippen molar-refractivity contribution in [2.24, 2.45) is 5.92 Å². The first-order chi connectivity index (χ1) is 11.5. The Kier molecular flexibility index (Phi) is 4.70. The molecule has 24 heavy (non-hydrogen) atoms. The summed E-state index contributed by atoms with van der Waals surface area (Å²) in [6, 6.07) is 20.2. The number of rotatable bonds is 5. The quantitative estimate of drug-likeness (QED) is 0.901. The van der Waals surface area contributed by atoms with Crippen LogP contribution in [0.1, 0.15) is 18.1 Å². The molecule has 1 aliphatic rings. The fourth-order valence-corrected chi connectivity index (χ4v) is 3.48. The second-order valence-electron chi connectivity index (χ2n) is 6.67. The molecule has 1 N–H and O–H groups in total. The van der Waals surface area contributed by atoms with E-state index in [4.69, 9.17) is 0 Å². The summed E-state index contributed by atoms with van der Waals surface area (Å²) in [5.74, 6) is -0.0836. The van der Waals surface area contributed by atoms with Crippen molar-refractivity contribution in [1.82, 2.24) is 4.90 Å². The van der Waals surface area contributed by atoms with Gasteiger partial charge >= 0.3 is 0 Å². The van der Waals surface area contributed by atoms with Gasteiger partial charge in [0.05, 0.1) is 0 Å². The molecule has 0 radical (unpaired) electrons. The minimum atomic E-state index is -1.08. The number of hydrogen-bond acceptors (Lipinski definition) is 2. The standard InChI is InChI=1S/C22H25NO/c1-17(23(2)3)20-15-10-16-21(20)22(24,18-11-6-4-7-12-18)19-13-8-5-9-14-19/h4-17,21,24H,1-3H3/t17-,21?/m0/s1. The average molecular weight is 319 g/mol. The zero-order valence-electron chi connectivity index (χ0n) is 14.6. The van der Waals surface area contributed by atoms with E-state index in [1.54, 1.807) is 0 Å². The van der Waals surface area contributed by atoms with Crippen molar-refractivity contribution >= 4 is 0 Å². The molecule has 0 spiro atoms. The highest BCUT2D eigenvalue weighted by Crippen LogP contribution is 2.44. The molecule has 0 fully saturated rings. The van der Waals surface area contributed by atoms with E-state index < -0.39 is 5.60 Å². The molecular weight excluding hydrogens is 294 g/mol. The highest BCUT2D eigenvalue weighted by Gasteiger charge is 2.43.